The lowest BCUT2D eigenvalue weighted by Gasteiger charge is -2.35. The molecule has 0 saturated carbocycles. The number of nitrogens with zero attached hydrogens (tertiary/aromatic N) is 1. The van der Waals surface area contributed by atoms with E-state index in [0.717, 1.165) is 22.6 Å². The minimum atomic E-state index is -0.975. The lowest BCUT2D eigenvalue weighted by Crippen LogP contribution is -2.45. The summed E-state index contributed by atoms with van der Waals surface area (Å²) in [6.07, 6.45) is 1.73. The first-order valence-corrected chi connectivity index (χ1v) is 11.5. The Labute approximate surface area is 199 Å². The molecule has 2 aromatic carbocycles. The Hall–Kier alpha value is -3.45. The maximum absolute atomic E-state index is 14.8. The molecule has 0 bridgehead atoms. The van der Waals surface area contributed by atoms with Crippen molar-refractivity contribution >= 4 is 17.5 Å². The van der Waals surface area contributed by atoms with Gasteiger partial charge < -0.3 is 21.1 Å². The van der Waals surface area contributed by atoms with Crippen LogP contribution in [0.25, 0.3) is 0 Å². The molecule has 34 heavy (non-hydrogen) atoms. The molecular weight excluding hydrogens is 431 g/mol. The topological polar surface area (TPSA) is 86.3 Å². The smallest absolute Gasteiger partial charge is 0.313 e. The third-order valence-electron chi connectivity index (χ3n) is 6.64. The number of fused-ring (bicyclic) bond motifs is 1. The van der Waals surface area contributed by atoms with Gasteiger partial charge in [0, 0.05) is 24.8 Å². The van der Waals surface area contributed by atoms with Gasteiger partial charge in [-0.15, -0.1) is 0 Å². The second-order valence-electron chi connectivity index (χ2n) is 9.40. The Kier molecular flexibility index (Phi) is 6.84. The van der Waals surface area contributed by atoms with Crippen LogP contribution in [-0.2, 0) is 10.2 Å². The minimum Gasteiger partial charge on any atom is -0.481 e. The SMILES string of the molecule is C[C@H](CN[C@H](c1ccccc1F)[C@H]1CNc2cccnc2N1)c1cccc(C(C)(C)C(=O)O)c1. The van der Waals surface area contributed by atoms with Crippen LogP contribution in [0.4, 0.5) is 15.9 Å². The third kappa shape index (κ3) is 4.89. The summed E-state index contributed by atoms with van der Waals surface area (Å²) in [6, 6.07) is 18.0. The van der Waals surface area contributed by atoms with Crippen LogP contribution in [0.2, 0.25) is 0 Å². The summed E-state index contributed by atoms with van der Waals surface area (Å²) < 4.78 is 14.8. The van der Waals surface area contributed by atoms with Gasteiger partial charge in [0.15, 0.2) is 0 Å². The molecule has 0 saturated heterocycles. The van der Waals surface area contributed by atoms with Gasteiger partial charge in [-0.25, -0.2) is 9.37 Å². The summed E-state index contributed by atoms with van der Waals surface area (Å²) >= 11 is 0. The van der Waals surface area contributed by atoms with Crippen molar-refractivity contribution in [3.63, 3.8) is 0 Å². The molecule has 0 unspecified atom stereocenters. The van der Waals surface area contributed by atoms with Crippen LogP contribution in [-0.4, -0.2) is 35.2 Å². The summed E-state index contributed by atoms with van der Waals surface area (Å²) in [7, 11) is 0. The van der Waals surface area contributed by atoms with Crippen molar-refractivity contribution in [1.82, 2.24) is 10.3 Å². The van der Waals surface area contributed by atoms with Crippen molar-refractivity contribution in [3.8, 4) is 0 Å². The Morgan fingerprint density at radius 3 is 2.76 bits per heavy atom. The molecule has 2 heterocycles. The minimum absolute atomic E-state index is 0.0841. The molecule has 6 nitrogen and oxygen atoms in total. The van der Waals surface area contributed by atoms with Crippen LogP contribution in [0, 0.1) is 5.82 Å². The fraction of sp³-hybridized carbons (Fsp3) is 0.333. The van der Waals surface area contributed by atoms with E-state index in [4.69, 9.17) is 0 Å². The zero-order valence-electron chi connectivity index (χ0n) is 19.7. The number of hydrogen-bond donors (Lipinski definition) is 4. The molecule has 0 radical (unpaired) electrons. The maximum Gasteiger partial charge on any atom is 0.313 e. The molecule has 3 atom stereocenters. The van der Waals surface area contributed by atoms with Crippen molar-refractivity contribution in [2.24, 2.45) is 0 Å². The standard InChI is InChI=1S/C27H31FN4O2/c1-17(18-8-6-9-19(14-18)27(2,3)26(33)34)15-31-24(20-10-4-5-11-21(20)28)23-16-30-22-12-7-13-29-25(22)32-23/h4-14,17,23-24,30-31H,15-16H2,1-3H3,(H,29,32)(H,33,34)/t17-,23-,24-/m1/s1. The number of carboxylic acid groups (broad SMARTS) is 1. The molecule has 1 aliphatic rings. The van der Waals surface area contributed by atoms with Gasteiger partial charge in [0.1, 0.15) is 11.6 Å². The number of anilines is 2. The first-order valence-electron chi connectivity index (χ1n) is 11.5. The van der Waals surface area contributed by atoms with Gasteiger partial charge in [0.05, 0.1) is 23.2 Å². The van der Waals surface area contributed by atoms with Gasteiger partial charge in [-0.3, -0.25) is 4.79 Å². The zero-order valence-corrected chi connectivity index (χ0v) is 19.7. The van der Waals surface area contributed by atoms with E-state index in [2.05, 4.69) is 27.9 Å². The fourth-order valence-corrected chi connectivity index (χ4v) is 4.29. The Bertz CT molecular complexity index is 1170. The lowest BCUT2D eigenvalue weighted by molar-refractivity contribution is -0.142. The summed E-state index contributed by atoms with van der Waals surface area (Å²) in [5.74, 6) is -0.286. The van der Waals surface area contributed by atoms with Gasteiger partial charge in [0.25, 0.3) is 0 Å². The van der Waals surface area contributed by atoms with Crippen LogP contribution >= 0.6 is 0 Å². The summed E-state index contributed by atoms with van der Waals surface area (Å²) in [5, 5.41) is 20.0. The average Bonchev–Trinajstić information content (AvgIpc) is 2.85. The number of nitrogens with one attached hydrogen (secondary N) is 3. The molecule has 4 rings (SSSR count). The normalized spacial score (nSPS) is 17.1. The lowest BCUT2D eigenvalue weighted by atomic mass is 9.83. The monoisotopic (exact) mass is 462 g/mol. The van der Waals surface area contributed by atoms with Crippen molar-refractivity contribution in [1.29, 1.82) is 0 Å². The second kappa shape index (κ2) is 9.81. The summed E-state index contributed by atoms with van der Waals surface area (Å²) in [6.45, 7) is 6.70. The number of carboxylic acids is 1. The van der Waals surface area contributed by atoms with Gasteiger partial charge in [-0.05, 0) is 49.1 Å². The zero-order chi connectivity index (χ0) is 24.3. The summed E-state index contributed by atoms with van der Waals surface area (Å²) in [5.41, 5.74) is 2.34. The van der Waals surface area contributed by atoms with E-state index in [1.807, 2.05) is 48.5 Å². The van der Waals surface area contributed by atoms with Crippen LogP contribution < -0.4 is 16.0 Å². The molecular formula is C27H31FN4O2. The molecule has 0 spiro atoms. The van der Waals surface area contributed by atoms with Crippen LogP contribution in [0.15, 0.2) is 66.9 Å². The van der Waals surface area contributed by atoms with Gasteiger partial charge in [-0.1, -0.05) is 49.4 Å². The van der Waals surface area contributed by atoms with Crippen LogP contribution in [0.5, 0.6) is 0 Å². The predicted octanol–water partition coefficient (Wildman–Crippen LogP) is 4.92. The highest BCUT2D eigenvalue weighted by Gasteiger charge is 2.31. The molecule has 178 valence electrons. The highest BCUT2D eigenvalue weighted by Crippen LogP contribution is 2.31. The first-order chi connectivity index (χ1) is 16.3. The molecule has 4 N–H and O–H groups in total. The number of rotatable bonds is 8. The summed E-state index contributed by atoms with van der Waals surface area (Å²) in [4.78, 5) is 16.1. The number of hydrogen-bond acceptors (Lipinski definition) is 5. The van der Waals surface area contributed by atoms with Crippen molar-refractivity contribution in [2.45, 2.75) is 44.2 Å². The molecule has 0 aliphatic carbocycles. The fourth-order valence-electron chi connectivity index (χ4n) is 4.29. The van der Waals surface area contributed by atoms with E-state index >= 15 is 0 Å². The van der Waals surface area contributed by atoms with E-state index in [0.29, 0.717) is 18.7 Å². The number of benzene rings is 2. The van der Waals surface area contributed by atoms with Gasteiger partial charge in [0.2, 0.25) is 0 Å². The number of aliphatic carboxylic acids is 1. The molecule has 1 aliphatic heterocycles. The van der Waals surface area contributed by atoms with Crippen molar-refractivity contribution < 1.29 is 14.3 Å². The van der Waals surface area contributed by atoms with E-state index < -0.39 is 11.4 Å². The Morgan fingerprint density at radius 2 is 2.00 bits per heavy atom. The maximum atomic E-state index is 14.8. The van der Waals surface area contributed by atoms with Crippen LogP contribution in [0.3, 0.4) is 0 Å². The molecule has 0 fully saturated rings. The highest BCUT2D eigenvalue weighted by molar-refractivity contribution is 5.80. The number of halogens is 1. The number of pyridine rings is 1. The molecule has 3 aromatic rings. The van der Waals surface area contributed by atoms with E-state index in [9.17, 15) is 14.3 Å². The number of carbonyl (C=O) groups is 1. The predicted molar refractivity (Wildman–Crippen MR) is 133 cm³/mol. The highest BCUT2D eigenvalue weighted by atomic mass is 19.1. The average molecular weight is 463 g/mol. The number of aromatic nitrogens is 1. The van der Waals surface area contributed by atoms with Crippen LogP contribution in [0.1, 0.15) is 49.4 Å². The Morgan fingerprint density at radius 1 is 1.21 bits per heavy atom. The quantitative estimate of drug-likeness (QED) is 0.380. The molecule has 1 aromatic heterocycles. The van der Waals surface area contributed by atoms with Crippen molar-refractivity contribution in [3.05, 3.63) is 89.4 Å². The van der Waals surface area contributed by atoms with Gasteiger partial charge >= 0.3 is 5.97 Å². The van der Waals surface area contributed by atoms with Gasteiger partial charge in [-0.2, -0.15) is 0 Å². The Balaban J connectivity index is 1.55. The molecule has 7 heteroatoms. The van der Waals surface area contributed by atoms with E-state index in [-0.39, 0.29) is 23.8 Å². The first kappa shape index (κ1) is 23.7. The van der Waals surface area contributed by atoms with E-state index in [1.54, 1.807) is 26.1 Å². The second-order valence-corrected chi connectivity index (χ2v) is 9.40. The largest absolute Gasteiger partial charge is 0.481 e. The van der Waals surface area contributed by atoms with E-state index in [1.165, 1.54) is 6.07 Å². The molecule has 0 amide bonds. The third-order valence-corrected chi connectivity index (χ3v) is 6.64. The van der Waals surface area contributed by atoms with Crippen molar-refractivity contribution in [2.75, 3.05) is 23.7 Å².